The first kappa shape index (κ1) is 14.6. The molecule has 0 heterocycles. The van der Waals surface area contributed by atoms with Crippen molar-refractivity contribution >= 4 is 37.8 Å². The van der Waals surface area contributed by atoms with E-state index >= 15 is 0 Å². The van der Waals surface area contributed by atoms with Gasteiger partial charge in [0.05, 0.1) is 5.56 Å². The van der Waals surface area contributed by atoms with E-state index in [1.54, 1.807) is 24.3 Å². The fourth-order valence-corrected chi connectivity index (χ4v) is 2.25. The minimum atomic E-state index is -1.10. The molecular formula is C14H7Br2NO3. The molecule has 2 aromatic rings. The Morgan fingerprint density at radius 3 is 2.40 bits per heavy atom. The summed E-state index contributed by atoms with van der Waals surface area (Å²) < 4.78 is 6.95. The topological polar surface area (TPSA) is 70.3 Å². The molecule has 0 saturated heterocycles. The Kier molecular flexibility index (Phi) is 4.42. The molecule has 0 radical (unpaired) electrons. The molecule has 0 aliphatic heterocycles. The Morgan fingerprint density at radius 1 is 1.10 bits per heavy atom. The van der Waals surface area contributed by atoms with Crippen LogP contribution in [0.4, 0.5) is 0 Å². The summed E-state index contributed by atoms with van der Waals surface area (Å²) in [6.45, 7) is 0. The third-order valence-electron chi connectivity index (χ3n) is 2.46. The maximum atomic E-state index is 11.2. The highest BCUT2D eigenvalue weighted by molar-refractivity contribution is 9.10. The van der Waals surface area contributed by atoms with Gasteiger partial charge < -0.3 is 9.84 Å². The average molecular weight is 397 g/mol. The van der Waals surface area contributed by atoms with E-state index in [9.17, 15) is 9.90 Å². The van der Waals surface area contributed by atoms with Crippen molar-refractivity contribution in [2.45, 2.75) is 0 Å². The maximum absolute atomic E-state index is 11.2. The number of benzene rings is 2. The molecular weight excluding hydrogens is 390 g/mol. The van der Waals surface area contributed by atoms with Crippen LogP contribution >= 0.6 is 31.9 Å². The zero-order valence-electron chi connectivity index (χ0n) is 9.93. The largest absolute Gasteiger partial charge is 0.478 e. The predicted molar refractivity (Wildman–Crippen MR) is 80.0 cm³/mol. The van der Waals surface area contributed by atoms with Crippen LogP contribution in [0.1, 0.15) is 15.9 Å². The summed E-state index contributed by atoms with van der Waals surface area (Å²) in [6.07, 6.45) is 0. The van der Waals surface area contributed by atoms with Crippen molar-refractivity contribution in [3.05, 3.63) is 56.5 Å². The smallest absolute Gasteiger partial charge is 0.339 e. The molecule has 0 bridgehead atoms. The van der Waals surface area contributed by atoms with E-state index in [1.165, 1.54) is 12.1 Å². The van der Waals surface area contributed by atoms with Gasteiger partial charge in [0, 0.05) is 8.95 Å². The number of ether oxygens (including phenoxy) is 1. The van der Waals surface area contributed by atoms with Crippen LogP contribution in [0.15, 0.2) is 45.3 Å². The second-order valence-electron chi connectivity index (χ2n) is 3.80. The molecule has 6 heteroatoms. The van der Waals surface area contributed by atoms with Gasteiger partial charge in [0.1, 0.15) is 23.1 Å². The van der Waals surface area contributed by atoms with Gasteiger partial charge >= 0.3 is 5.97 Å². The fraction of sp³-hybridized carbons (Fsp3) is 0. The van der Waals surface area contributed by atoms with Gasteiger partial charge in [-0.15, -0.1) is 0 Å². The Labute approximate surface area is 131 Å². The highest BCUT2D eigenvalue weighted by Gasteiger charge is 2.14. The molecule has 20 heavy (non-hydrogen) atoms. The molecule has 0 spiro atoms. The summed E-state index contributed by atoms with van der Waals surface area (Å²) in [5.74, 6) is -0.628. The summed E-state index contributed by atoms with van der Waals surface area (Å²) in [4.78, 5) is 11.2. The lowest BCUT2D eigenvalue weighted by Crippen LogP contribution is -2.00. The minimum absolute atomic E-state index is 0.0169. The van der Waals surface area contributed by atoms with Crippen LogP contribution in [0.25, 0.3) is 0 Å². The molecule has 0 aromatic heterocycles. The summed E-state index contributed by atoms with van der Waals surface area (Å²) in [5, 5.41) is 18.2. The second-order valence-corrected chi connectivity index (χ2v) is 5.63. The quantitative estimate of drug-likeness (QED) is 0.824. The Bertz CT molecular complexity index is 723. The first-order valence-corrected chi connectivity index (χ1v) is 7.00. The second kappa shape index (κ2) is 6.07. The van der Waals surface area contributed by atoms with Crippen LogP contribution in [-0.4, -0.2) is 11.1 Å². The summed E-state index contributed by atoms with van der Waals surface area (Å²) in [6, 6.07) is 11.6. The van der Waals surface area contributed by atoms with Crippen molar-refractivity contribution in [1.82, 2.24) is 0 Å². The van der Waals surface area contributed by atoms with Gasteiger partial charge in [-0.2, -0.15) is 5.26 Å². The highest BCUT2D eigenvalue weighted by atomic mass is 79.9. The van der Waals surface area contributed by atoms with Gasteiger partial charge in [-0.05, 0) is 36.4 Å². The van der Waals surface area contributed by atoms with Crippen LogP contribution in [0.3, 0.4) is 0 Å². The third-order valence-corrected chi connectivity index (χ3v) is 3.44. The van der Waals surface area contributed by atoms with Gasteiger partial charge in [-0.25, -0.2) is 4.79 Å². The maximum Gasteiger partial charge on any atom is 0.339 e. The van der Waals surface area contributed by atoms with E-state index in [1.807, 2.05) is 6.07 Å². The number of nitriles is 1. The van der Waals surface area contributed by atoms with Crippen LogP contribution < -0.4 is 4.74 Å². The average Bonchev–Trinajstić information content (AvgIpc) is 2.41. The minimum Gasteiger partial charge on any atom is -0.478 e. The molecule has 0 saturated carbocycles. The van der Waals surface area contributed by atoms with Crippen molar-refractivity contribution in [3.8, 4) is 17.6 Å². The lowest BCUT2D eigenvalue weighted by Gasteiger charge is -2.10. The molecule has 0 fully saturated rings. The van der Waals surface area contributed by atoms with E-state index in [-0.39, 0.29) is 11.3 Å². The van der Waals surface area contributed by atoms with Gasteiger partial charge in [-0.3, -0.25) is 0 Å². The van der Waals surface area contributed by atoms with Crippen LogP contribution in [0.5, 0.6) is 11.5 Å². The molecule has 100 valence electrons. The number of rotatable bonds is 3. The molecule has 0 aliphatic carbocycles. The first-order chi connectivity index (χ1) is 9.51. The molecule has 2 aromatic carbocycles. The Morgan fingerprint density at radius 2 is 1.75 bits per heavy atom. The molecule has 0 aliphatic rings. The van der Waals surface area contributed by atoms with Crippen molar-refractivity contribution in [2.24, 2.45) is 0 Å². The monoisotopic (exact) mass is 395 g/mol. The summed E-state index contributed by atoms with van der Waals surface area (Å²) in [7, 11) is 0. The SMILES string of the molecule is N#Cc1ccc(Br)cc1Oc1ccc(Br)cc1C(=O)O. The van der Waals surface area contributed by atoms with E-state index in [0.717, 1.165) is 4.47 Å². The zero-order chi connectivity index (χ0) is 14.7. The summed E-state index contributed by atoms with van der Waals surface area (Å²) >= 11 is 6.50. The van der Waals surface area contributed by atoms with Crippen molar-refractivity contribution < 1.29 is 14.6 Å². The number of hydrogen-bond acceptors (Lipinski definition) is 3. The molecule has 2 rings (SSSR count). The van der Waals surface area contributed by atoms with Crippen LogP contribution in [0.2, 0.25) is 0 Å². The normalized spacial score (nSPS) is 9.85. The van der Waals surface area contributed by atoms with Crippen molar-refractivity contribution in [1.29, 1.82) is 5.26 Å². The predicted octanol–water partition coefficient (Wildman–Crippen LogP) is 4.57. The van der Waals surface area contributed by atoms with Crippen molar-refractivity contribution in [3.63, 3.8) is 0 Å². The molecule has 0 amide bonds. The Hall–Kier alpha value is -1.84. The van der Waals surface area contributed by atoms with Crippen LogP contribution in [0, 0.1) is 11.3 Å². The highest BCUT2D eigenvalue weighted by Crippen LogP contribution is 2.31. The number of carbonyl (C=O) groups is 1. The standard InChI is InChI=1S/C14H7Br2NO3/c15-9-3-4-12(11(5-9)14(18)19)20-13-6-10(16)2-1-8(13)7-17/h1-6H,(H,18,19). The van der Waals surface area contributed by atoms with Gasteiger partial charge in [-0.1, -0.05) is 31.9 Å². The number of aromatic carboxylic acids is 1. The molecule has 4 nitrogen and oxygen atoms in total. The van der Waals surface area contributed by atoms with E-state index in [4.69, 9.17) is 10.00 Å². The first-order valence-electron chi connectivity index (χ1n) is 5.41. The number of nitrogens with zero attached hydrogens (tertiary/aromatic N) is 1. The van der Waals surface area contributed by atoms with E-state index in [0.29, 0.717) is 15.8 Å². The fourth-order valence-electron chi connectivity index (χ4n) is 1.55. The van der Waals surface area contributed by atoms with Gasteiger partial charge in [0.2, 0.25) is 0 Å². The Balaban J connectivity index is 2.48. The number of halogens is 2. The number of carboxylic acid groups (broad SMARTS) is 1. The summed E-state index contributed by atoms with van der Waals surface area (Å²) in [5.41, 5.74) is 0.343. The number of carboxylic acids is 1. The lowest BCUT2D eigenvalue weighted by molar-refractivity contribution is 0.0694. The van der Waals surface area contributed by atoms with Crippen LogP contribution in [-0.2, 0) is 0 Å². The third kappa shape index (κ3) is 3.18. The molecule has 0 unspecified atom stereocenters. The lowest BCUT2D eigenvalue weighted by atomic mass is 10.2. The van der Waals surface area contributed by atoms with E-state index in [2.05, 4.69) is 31.9 Å². The van der Waals surface area contributed by atoms with Gasteiger partial charge in [0.15, 0.2) is 0 Å². The molecule has 1 N–H and O–H groups in total. The number of hydrogen-bond donors (Lipinski definition) is 1. The zero-order valence-corrected chi connectivity index (χ0v) is 13.1. The van der Waals surface area contributed by atoms with Gasteiger partial charge in [0.25, 0.3) is 0 Å². The molecule has 0 atom stereocenters. The van der Waals surface area contributed by atoms with Crippen molar-refractivity contribution in [2.75, 3.05) is 0 Å². The van der Waals surface area contributed by atoms with E-state index < -0.39 is 5.97 Å².